The molecule has 6 rings (SSSR count). The number of para-hydroxylation sites is 1. The number of carbonyl (C=O) groups excluding carboxylic acids is 5. The van der Waals surface area contributed by atoms with Crippen molar-refractivity contribution < 1.29 is 29.1 Å². The van der Waals surface area contributed by atoms with Gasteiger partial charge in [0.15, 0.2) is 0 Å². The molecule has 4 aromatic rings. The fraction of sp³-hybridized carbons (Fsp3) is 0.306. The normalized spacial score (nSPS) is 22.7. The summed E-state index contributed by atoms with van der Waals surface area (Å²) in [6, 6.07) is 22.1. The van der Waals surface area contributed by atoms with Crippen LogP contribution in [0.2, 0.25) is 0 Å². The summed E-state index contributed by atoms with van der Waals surface area (Å²) in [5.41, 5.74) is 2.81. The van der Waals surface area contributed by atoms with Gasteiger partial charge in [-0.2, -0.15) is 0 Å². The van der Waals surface area contributed by atoms with Gasteiger partial charge in [0.25, 0.3) is 5.91 Å². The van der Waals surface area contributed by atoms with E-state index in [1.165, 1.54) is 9.80 Å². The average Bonchev–Trinajstić information content (AvgIpc) is 3.70. The molecule has 12 nitrogen and oxygen atoms in total. The molecule has 1 aromatic heterocycles. The molecule has 0 aliphatic carbocycles. The Labute approximate surface area is 277 Å². The smallest absolute Gasteiger partial charge is 0.254 e. The lowest BCUT2D eigenvalue weighted by Crippen LogP contribution is -2.57. The molecule has 2 saturated heterocycles. The van der Waals surface area contributed by atoms with Crippen molar-refractivity contribution in [2.24, 2.45) is 0 Å². The van der Waals surface area contributed by atoms with Crippen LogP contribution in [0.4, 0.5) is 0 Å². The first-order valence-electron chi connectivity index (χ1n) is 16.1. The fourth-order valence-electron chi connectivity index (χ4n) is 6.42. The third-order valence-electron chi connectivity index (χ3n) is 8.84. The molecule has 2 fully saturated rings. The highest BCUT2D eigenvalue weighted by atomic mass is 16.3. The van der Waals surface area contributed by atoms with E-state index in [-0.39, 0.29) is 45.4 Å². The van der Waals surface area contributed by atoms with Gasteiger partial charge in [-0.1, -0.05) is 66.7 Å². The summed E-state index contributed by atoms with van der Waals surface area (Å²) >= 11 is 0. The lowest BCUT2D eigenvalue weighted by Gasteiger charge is -2.30. The van der Waals surface area contributed by atoms with Crippen LogP contribution >= 0.6 is 0 Å². The number of aromatic amines is 1. The Balaban J connectivity index is 1.34. The lowest BCUT2D eigenvalue weighted by atomic mass is 10.0. The Morgan fingerprint density at radius 3 is 2.29 bits per heavy atom. The Morgan fingerprint density at radius 1 is 0.812 bits per heavy atom. The molecule has 5 N–H and O–H groups in total. The molecule has 2 aliphatic rings. The van der Waals surface area contributed by atoms with E-state index < -0.39 is 53.8 Å². The van der Waals surface area contributed by atoms with E-state index in [4.69, 9.17) is 0 Å². The second-order valence-corrected chi connectivity index (χ2v) is 12.2. The SMILES string of the molecule is O=C1CN(C(=O)c2ccccc2)CCNC(=O)[C@H](Cc2ccccc2)NC(=O)[C@@H]2C[C@@H](O)CN2C(=O)[C@@H](Cc2c[nH]c3ccccc23)N1. The highest BCUT2D eigenvalue weighted by molar-refractivity contribution is 5.98. The molecule has 0 bridgehead atoms. The van der Waals surface area contributed by atoms with Gasteiger partial charge in [0.1, 0.15) is 18.1 Å². The Morgan fingerprint density at radius 2 is 1.52 bits per heavy atom. The van der Waals surface area contributed by atoms with E-state index >= 15 is 0 Å². The second-order valence-electron chi connectivity index (χ2n) is 12.2. The van der Waals surface area contributed by atoms with Crippen molar-refractivity contribution in [3.8, 4) is 0 Å². The number of carbonyl (C=O) groups is 5. The first-order valence-corrected chi connectivity index (χ1v) is 16.1. The molecule has 4 atom stereocenters. The quantitative estimate of drug-likeness (QED) is 0.218. The van der Waals surface area contributed by atoms with Crippen LogP contribution in [0.5, 0.6) is 0 Å². The van der Waals surface area contributed by atoms with Gasteiger partial charge in [0.2, 0.25) is 23.6 Å². The van der Waals surface area contributed by atoms with E-state index in [0.29, 0.717) is 5.56 Å². The van der Waals surface area contributed by atoms with Crippen LogP contribution < -0.4 is 16.0 Å². The number of aromatic nitrogens is 1. The van der Waals surface area contributed by atoms with Gasteiger partial charge in [0.05, 0.1) is 12.6 Å². The number of amides is 5. The number of benzene rings is 3. The van der Waals surface area contributed by atoms with Gasteiger partial charge in [0, 0.05) is 61.6 Å². The minimum Gasteiger partial charge on any atom is -0.391 e. The van der Waals surface area contributed by atoms with Gasteiger partial charge < -0.3 is 35.8 Å². The minimum absolute atomic E-state index is 0.000888. The molecule has 0 radical (unpaired) electrons. The Kier molecular flexibility index (Phi) is 9.81. The molecule has 248 valence electrons. The first kappa shape index (κ1) is 32.5. The topological polar surface area (TPSA) is 164 Å². The monoisotopic (exact) mass is 650 g/mol. The van der Waals surface area contributed by atoms with Gasteiger partial charge in [-0.05, 0) is 29.3 Å². The molecule has 5 amide bonds. The maximum absolute atomic E-state index is 14.3. The zero-order valence-electron chi connectivity index (χ0n) is 26.3. The zero-order valence-corrected chi connectivity index (χ0v) is 26.3. The van der Waals surface area contributed by atoms with E-state index in [9.17, 15) is 29.1 Å². The lowest BCUT2D eigenvalue weighted by molar-refractivity contribution is -0.142. The largest absolute Gasteiger partial charge is 0.391 e. The van der Waals surface area contributed by atoms with Gasteiger partial charge in [-0.25, -0.2) is 0 Å². The summed E-state index contributed by atoms with van der Waals surface area (Å²) in [6.45, 7) is -0.484. The third-order valence-corrected chi connectivity index (χ3v) is 8.84. The van der Waals surface area contributed by atoms with Crippen LogP contribution in [0.1, 0.15) is 27.9 Å². The standard InChI is InChI=1S/C36H38N6O6/c43-26-19-31-34(46)40-29(17-23-9-3-1-4-10-23)33(45)37-15-16-41(35(47)24-11-5-2-6-12-24)22-32(44)39-30(36(48)42(31)21-26)18-25-20-38-28-14-8-7-13-27(25)28/h1-14,20,26,29-31,38,43H,15-19,21-22H2,(H,37,45)(H,39,44)(H,40,46)/t26-,29+,30-,31+/m1/s1. The minimum atomic E-state index is -1.11. The highest BCUT2D eigenvalue weighted by Gasteiger charge is 2.43. The number of H-pyrrole nitrogens is 1. The maximum atomic E-state index is 14.3. The number of aliphatic hydroxyl groups is 1. The van der Waals surface area contributed by atoms with E-state index in [1.807, 2.05) is 54.6 Å². The second kappa shape index (κ2) is 14.5. The van der Waals surface area contributed by atoms with Crippen molar-refractivity contribution in [1.82, 2.24) is 30.7 Å². The van der Waals surface area contributed by atoms with Crippen LogP contribution in [-0.2, 0) is 32.0 Å². The number of nitrogens with one attached hydrogen (secondary N) is 4. The van der Waals surface area contributed by atoms with Crippen molar-refractivity contribution in [2.45, 2.75) is 43.5 Å². The predicted octanol–water partition coefficient (Wildman–Crippen LogP) is 1.16. The molecule has 0 saturated carbocycles. The number of fused-ring (bicyclic) bond motifs is 2. The molecule has 0 unspecified atom stereocenters. The van der Waals surface area contributed by atoms with Crippen molar-refractivity contribution in [3.63, 3.8) is 0 Å². The number of aliphatic hydroxyl groups excluding tert-OH is 1. The zero-order chi connectivity index (χ0) is 33.6. The summed E-state index contributed by atoms with van der Waals surface area (Å²) in [7, 11) is 0. The summed E-state index contributed by atoms with van der Waals surface area (Å²) in [5, 5.41) is 20.0. The van der Waals surface area contributed by atoms with Gasteiger partial charge in [-0.15, -0.1) is 0 Å². The molecule has 3 heterocycles. The summed E-state index contributed by atoms with van der Waals surface area (Å²) in [4.78, 5) is 74.6. The van der Waals surface area contributed by atoms with E-state index in [1.54, 1.807) is 36.5 Å². The highest BCUT2D eigenvalue weighted by Crippen LogP contribution is 2.24. The number of rotatable bonds is 5. The van der Waals surface area contributed by atoms with E-state index in [0.717, 1.165) is 22.0 Å². The molecular formula is C36H38N6O6. The number of nitrogens with zero attached hydrogens (tertiary/aromatic N) is 2. The van der Waals surface area contributed by atoms with Crippen molar-refractivity contribution in [2.75, 3.05) is 26.2 Å². The summed E-state index contributed by atoms with van der Waals surface area (Å²) in [5.74, 6) is -2.61. The Hall–Kier alpha value is -5.49. The van der Waals surface area contributed by atoms with Gasteiger partial charge >= 0.3 is 0 Å². The van der Waals surface area contributed by atoms with Crippen LogP contribution in [0.15, 0.2) is 91.1 Å². The molecule has 2 aliphatic heterocycles. The number of hydrogen-bond acceptors (Lipinski definition) is 6. The third kappa shape index (κ3) is 7.39. The van der Waals surface area contributed by atoms with Crippen LogP contribution in [0.25, 0.3) is 10.9 Å². The molecule has 48 heavy (non-hydrogen) atoms. The van der Waals surface area contributed by atoms with Crippen molar-refractivity contribution in [1.29, 1.82) is 0 Å². The maximum Gasteiger partial charge on any atom is 0.254 e. The summed E-state index contributed by atoms with van der Waals surface area (Å²) in [6.07, 6.45) is 1.05. The summed E-state index contributed by atoms with van der Waals surface area (Å²) < 4.78 is 0. The molecule has 3 aromatic carbocycles. The molecule has 0 spiro atoms. The van der Waals surface area contributed by atoms with Crippen LogP contribution in [0, 0.1) is 0 Å². The first-order chi connectivity index (χ1) is 23.3. The molecule has 12 heteroatoms. The van der Waals surface area contributed by atoms with Crippen LogP contribution in [-0.4, -0.2) is 99.8 Å². The van der Waals surface area contributed by atoms with E-state index in [2.05, 4.69) is 20.9 Å². The van der Waals surface area contributed by atoms with Crippen LogP contribution in [0.3, 0.4) is 0 Å². The van der Waals surface area contributed by atoms with Gasteiger partial charge in [-0.3, -0.25) is 24.0 Å². The Bertz CT molecular complexity index is 1790. The fourth-order valence-corrected chi connectivity index (χ4v) is 6.42. The number of hydrogen-bond donors (Lipinski definition) is 5. The van der Waals surface area contributed by atoms with Crippen molar-refractivity contribution >= 4 is 40.4 Å². The molecular weight excluding hydrogens is 612 g/mol. The van der Waals surface area contributed by atoms with Crippen molar-refractivity contribution in [3.05, 3.63) is 108 Å². The predicted molar refractivity (Wildman–Crippen MR) is 177 cm³/mol. The average molecular weight is 651 g/mol.